The molecule has 1 aromatic rings. The molecule has 0 saturated carbocycles. The van der Waals surface area contributed by atoms with Crippen LogP contribution in [0.1, 0.15) is 30.9 Å². The van der Waals surface area contributed by atoms with E-state index in [1.807, 2.05) is 0 Å². The number of piperidine rings is 1. The Morgan fingerprint density at radius 2 is 2.00 bits per heavy atom. The first-order chi connectivity index (χ1) is 7.70. The van der Waals surface area contributed by atoms with Gasteiger partial charge in [-0.1, -0.05) is 28.9 Å². The Labute approximate surface area is 107 Å². The standard InChI is InChI=1S/C14H20BrN/c1-11-5-7-16(8-6-11)14-4-3-13(10-15)12(2)9-14/h3-4,9,11H,5-8,10H2,1-2H3. The Morgan fingerprint density at radius 3 is 2.56 bits per heavy atom. The number of rotatable bonds is 2. The highest BCUT2D eigenvalue weighted by atomic mass is 79.9. The summed E-state index contributed by atoms with van der Waals surface area (Å²) in [6, 6.07) is 6.84. The lowest BCUT2D eigenvalue weighted by Gasteiger charge is -2.32. The van der Waals surface area contributed by atoms with Crippen LogP contribution in [0, 0.1) is 12.8 Å². The third-order valence-corrected chi connectivity index (χ3v) is 4.22. The van der Waals surface area contributed by atoms with E-state index < -0.39 is 0 Å². The van der Waals surface area contributed by atoms with Crippen LogP contribution in [0.4, 0.5) is 5.69 Å². The van der Waals surface area contributed by atoms with E-state index >= 15 is 0 Å². The highest BCUT2D eigenvalue weighted by molar-refractivity contribution is 9.08. The molecule has 1 saturated heterocycles. The van der Waals surface area contributed by atoms with Crippen molar-refractivity contribution in [1.29, 1.82) is 0 Å². The van der Waals surface area contributed by atoms with Crippen molar-refractivity contribution < 1.29 is 0 Å². The summed E-state index contributed by atoms with van der Waals surface area (Å²) in [7, 11) is 0. The summed E-state index contributed by atoms with van der Waals surface area (Å²) in [5.41, 5.74) is 4.19. The first-order valence-corrected chi connectivity index (χ1v) is 7.23. The molecule has 0 unspecified atom stereocenters. The molecule has 0 aromatic heterocycles. The molecule has 2 rings (SSSR count). The number of benzene rings is 1. The molecule has 1 fully saturated rings. The van der Waals surface area contributed by atoms with E-state index in [1.54, 1.807) is 0 Å². The van der Waals surface area contributed by atoms with Gasteiger partial charge in [0.05, 0.1) is 0 Å². The first kappa shape index (κ1) is 12.0. The highest BCUT2D eigenvalue weighted by Gasteiger charge is 2.16. The summed E-state index contributed by atoms with van der Waals surface area (Å²) >= 11 is 3.52. The maximum atomic E-state index is 3.52. The minimum atomic E-state index is 0.902. The fourth-order valence-corrected chi connectivity index (χ4v) is 2.92. The zero-order chi connectivity index (χ0) is 11.5. The third-order valence-electron chi connectivity index (χ3n) is 3.62. The Hall–Kier alpha value is -0.500. The molecule has 0 bridgehead atoms. The third kappa shape index (κ3) is 2.60. The normalized spacial score (nSPS) is 17.8. The Kier molecular flexibility index (Phi) is 3.91. The number of anilines is 1. The Bertz CT molecular complexity index is 354. The Morgan fingerprint density at radius 1 is 1.31 bits per heavy atom. The van der Waals surface area contributed by atoms with Crippen molar-refractivity contribution in [2.75, 3.05) is 18.0 Å². The van der Waals surface area contributed by atoms with Gasteiger partial charge < -0.3 is 4.90 Å². The second-order valence-corrected chi connectivity index (χ2v) is 5.47. The molecule has 1 aliphatic heterocycles. The summed E-state index contributed by atoms with van der Waals surface area (Å²) in [4.78, 5) is 2.52. The van der Waals surface area contributed by atoms with Gasteiger partial charge in [-0.3, -0.25) is 0 Å². The molecular weight excluding hydrogens is 262 g/mol. The van der Waals surface area contributed by atoms with Gasteiger partial charge >= 0.3 is 0 Å². The van der Waals surface area contributed by atoms with Crippen molar-refractivity contribution in [3.05, 3.63) is 29.3 Å². The summed E-state index contributed by atoms with van der Waals surface area (Å²) < 4.78 is 0. The van der Waals surface area contributed by atoms with Crippen LogP contribution in [0.15, 0.2) is 18.2 Å². The fraction of sp³-hybridized carbons (Fsp3) is 0.571. The van der Waals surface area contributed by atoms with Crippen molar-refractivity contribution in [2.45, 2.75) is 32.0 Å². The zero-order valence-corrected chi connectivity index (χ0v) is 11.8. The minimum Gasteiger partial charge on any atom is -0.372 e. The van der Waals surface area contributed by atoms with Crippen LogP contribution in [0.3, 0.4) is 0 Å². The van der Waals surface area contributed by atoms with E-state index in [2.05, 4.69) is 52.9 Å². The largest absolute Gasteiger partial charge is 0.372 e. The topological polar surface area (TPSA) is 3.24 Å². The lowest BCUT2D eigenvalue weighted by Crippen LogP contribution is -2.32. The number of aryl methyl sites for hydroxylation is 1. The van der Waals surface area contributed by atoms with Gasteiger partial charge in [0.15, 0.2) is 0 Å². The van der Waals surface area contributed by atoms with Crippen molar-refractivity contribution >= 4 is 21.6 Å². The average molecular weight is 282 g/mol. The van der Waals surface area contributed by atoms with Gasteiger partial charge in [-0.15, -0.1) is 0 Å². The van der Waals surface area contributed by atoms with E-state index in [1.165, 1.54) is 42.7 Å². The lowest BCUT2D eigenvalue weighted by molar-refractivity contribution is 0.438. The van der Waals surface area contributed by atoms with Crippen LogP contribution >= 0.6 is 15.9 Å². The number of nitrogens with zero attached hydrogens (tertiary/aromatic N) is 1. The maximum absolute atomic E-state index is 3.52. The van der Waals surface area contributed by atoms with Gasteiger partial charge in [0, 0.05) is 24.1 Å². The number of halogens is 1. The molecule has 2 heteroatoms. The maximum Gasteiger partial charge on any atom is 0.0369 e. The monoisotopic (exact) mass is 281 g/mol. The quantitative estimate of drug-likeness (QED) is 0.737. The number of hydrogen-bond donors (Lipinski definition) is 0. The van der Waals surface area contributed by atoms with Crippen molar-refractivity contribution in [3.63, 3.8) is 0 Å². The lowest BCUT2D eigenvalue weighted by atomic mass is 9.98. The molecule has 1 aliphatic rings. The van der Waals surface area contributed by atoms with E-state index in [0.29, 0.717) is 0 Å². The molecule has 0 amide bonds. The molecule has 0 spiro atoms. The smallest absolute Gasteiger partial charge is 0.0369 e. The molecule has 0 aliphatic carbocycles. The predicted molar refractivity (Wildman–Crippen MR) is 74.4 cm³/mol. The van der Waals surface area contributed by atoms with Crippen molar-refractivity contribution in [1.82, 2.24) is 0 Å². The summed E-state index contributed by atoms with van der Waals surface area (Å²) in [6.45, 7) is 6.99. The molecule has 0 radical (unpaired) electrons. The SMILES string of the molecule is Cc1cc(N2CCC(C)CC2)ccc1CBr. The zero-order valence-electron chi connectivity index (χ0n) is 10.2. The van der Waals surface area contributed by atoms with Gasteiger partial charge in [0.1, 0.15) is 0 Å². The van der Waals surface area contributed by atoms with Crippen LogP contribution in [0.25, 0.3) is 0 Å². The van der Waals surface area contributed by atoms with Gasteiger partial charge in [-0.05, 0) is 48.9 Å². The summed E-state index contributed by atoms with van der Waals surface area (Å²) in [5, 5.41) is 0.955. The van der Waals surface area contributed by atoms with Crippen LogP contribution in [0.2, 0.25) is 0 Å². The van der Waals surface area contributed by atoms with Crippen LogP contribution in [-0.2, 0) is 5.33 Å². The van der Waals surface area contributed by atoms with E-state index in [-0.39, 0.29) is 0 Å². The molecule has 16 heavy (non-hydrogen) atoms. The second kappa shape index (κ2) is 5.22. The van der Waals surface area contributed by atoms with Crippen LogP contribution in [0.5, 0.6) is 0 Å². The molecule has 0 N–H and O–H groups in total. The minimum absolute atomic E-state index is 0.902. The summed E-state index contributed by atoms with van der Waals surface area (Å²) in [5.74, 6) is 0.902. The van der Waals surface area contributed by atoms with Crippen LogP contribution < -0.4 is 4.90 Å². The van der Waals surface area contributed by atoms with E-state index in [4.69, 9.17) is 0 Å². The van der Waals surface area contributed by atoms with E-state index in [0.717, 1.165) is 11.2 Å². The highest BCUT2D eigenvalue weighted by Crippen LogP contribution is 2.25. The average Bonchev–Trinajstić information content (AvgIpc) is 2.30. The molecule has 1 heterocycles. The Balaban J connectivity index is 2.12. The van der Waals surface area contributed by atoms with Gasteiger partial charge in [-0.25, -0.2) is 0 Å². The predicted octanol–water partition coefficient (Wildman–Crippen LogP) is 4.13. The molecule has 0 atom stereocenters. The molecule has 1 aromatic carbocycles. The number of alkyl halides is 1. The molecule has 88 valence electrons. The molecule has 1 nitrogen and oxygen atoms in total. The molecular formula is C14H20BrN. The van der Waals surface area contributed by atoms with E-state index in [9.17, 15) is 0 Å². The van der Waals surface area contributed by atoms with Crippen LogP contribution in [-0.4, -0.2) is 13.1 Å². The second-order valence-electron chi connectivity index (χ2n) is 4.91. The summed E-state index contributed by atoms with van der Waals surface area (Å²) in [6.07, 6.45) is 2.67. The fourth-order valence-electron chi connectivity index (χ4n) is 2.29. The van der Waals surface area contributed by atoms with Gasteiger partial charge in [0.25, 0.3) is 0 Å². The van der Waals surface area contributed by atoms with Crippen molar-refractivity contribution in [2.24, 2.45) is 5.92 Å². The first-order valence-electron chi connectivity index (χ1n) is 6.11. The van der Waals surface area contributed by atoms with Gasteiger partial charge in [-0.2, -0.15) is 0 Å². The van der Waals surface area contributed by atoms with Gasteiger partial charge in [0.2, 0.25) is 0 Å². The number of hydrogen-bond acceptors (Lipinski definition) is 1. The van der Waals surface area contributed by atoms with Crippen molar-refractivity contribution in [3.8, 4) is 0 Å².